The highest BCUT2D eigenvalue weighted by molar-refractivity contribution is 6.34. The number of fused-ring (bicyclic) bond motifs is 1. The van der Waals surface area contributed by atoms with E-state index in [-0.39, 0.29) is 0 Å². The molecule has 0 amide bonds. The quantitative estimate of drug-likeness (QED) is 0.710. The third-order valence-electron chi connectivity index (χ3n) is 2.45. The summed E-state index contributed by atoms with van der Waals surface area (Å²) in [5.74, 6) is -0.391. The lowest BCUT2D eigenvalue weighted by atomic mass is 10.1. The molecule has 0 saturated heterocycles. The lowest BCUT2D eigenvalue weighted by Gasteiger charge is -2.20. The summed E-state index contributed by atoms with van der Waals surface area (Å²) in [4.78, 5) is 12.0. The molecule has 0 aliphatic heterocycles. The summed E-state index contributed by atoms with van der Waals surface area (Å²) >= 11 is 6.13. The van der Waals surface area contributed by atoms with Gasteiger partial charge in [0.1, 0.15) is 5.60 Å². The molecule has 0 N–H and O–H groups in total. The molecule has 2 aromatic rings. The number of halogens is 1. The summed E-state index contributed by atoms with van der Waals surface area (Å²) in [7, 11) is 0. The van der Waals surface area contributed by atoms with Crippen molar-refractivity contribution in [2.75, 3.05) is 0 Å². The summed E-state index contributed by atoms with van der Waals surface area (Å²) in [6, 6.07) is 11.3. The highest BCUT2D eigenvalue weighted by Gasteiger charge is 2.20. The Bertz CT molecular complexity index is 597. The van der Waals surface area contributed by atoms with Gasteiger partial charge in [0.25, 0.3) is 0 Å². The normalized spacial score (nSPS) is 11.6. The Labute approximate surface area is 112 Å². The van der Waals surface area contributed by atoms with E-state index < -0.39 is 11.6 Å². The van der Waals surface area contributed by atoms with Crippen LogP contribution in [0.1, 0.15) is 31.1 Å². The second-order valence-corrected chi connectivity index (χ2v) is 5.59. The second kappa shape index (κ2) is 4.62. The fourth-order valence-electron chi connectivity index (χ4n) is 1.70. The van der Waals surface area contributed by atoms with E-state index in [0.717, 1.165) is 10.8 Å². The summed E-state index contributed by atoms with van der Waals surface area (Å²) < 4.78 is 5.33. The predicted molar refractivity (Wildman–Crippen MR) is 74.1 cm³/mol. The minimum atomic E-state index is -0.522. The fourth-order valence-corrected chi connectivity index (χ4v) is 1.95. The molecule has 0 aromatic heterocycles. The van der Waals surface area contributed by atoms with Gasteiger partial charge in [-0.1, -0.05) is 35.9 Å². The van der Waals surface area contributed by atoms with Crippen LogP contribution in [0.2, 0.25) is 5.02 Å². The smallest absolute Gasteiger partial charge is 0.340 e. The molecule has 0 fully saturated rings. The van der Waals surface area contributed by atoms with E-state index in [0.29, 0.717) is 10.6 Å². The van der Waals surface area contributed by atoms with E-state index in [4.69, 9.17) is 16.3 Å². The number of hydrogen-bond donors (Lipinski definition) is 0. The molecule has 0 aliphatic rings. The van der Waals surface area contributed by atoms with Crippen molar-refractivity contribution in [3.8, 4) is 0 Å². The van der Waals surface area contributed by atoms with Crippen molar-refractivity contribution in [1.29, 1.82) is 0 Å². The minimum Gasteiger partial charge on any atom is -0.456 e. The number of ether oxygens (including phenoxy) is 1. The average molecular weight is 263 g/mol. The van der Waals surface area contributed by atoms with Gasteiger partial charge in [0.05, 0.1) is 10.6 Å². The van der Waals surface area contributed by atoms with Crippen LogP contribution in [0.5, 0.6) is 0 Å². The van der Waals surface area contributed by atoms with Crippen molar-refractivity contribution in [2.24, 2.45) is 0 Å². The number of esters is 1. The van der Waals surface area contributed by atoms with Crippen LogP contribution in [0, 0.1) is 0 Å². The van der Waals surface area contributed by atoms with Gasteiger partial charge in [-0.25, -0.2) is 4.79 Å². The van der Waals surface area contributed by atoms with Gasteiger partial charge in [-0.2, -0.15) is 0 Å². The van der Waals surface area contributed by atoms with Crippen molar-refractivity contribution in [2.45, 2.75) is 26.4 Å². The molecule has 0 aliphatic carbocycles. The molecule has 2 rings (SSSR count). The Kier molecular flexibility index (Phi) is 3.31. The minimum absolute atomic E-state index is 0.391. The highest BCUT2D eigenvalue weighted by atomic mass is 35.5. The standard InChI is InChI=1S/C15H15ClO2/c1-15(2,3)18-14(17)12-8-10-6-4-5-7-11(10)9-13(12)16/h4-9H,1-3H3. The van der Waals surface area contributed by atoms with E-state index in [9.17, 15) is 4.79 Å². The summed E-state index contributed by atoms with van der Waals surface area (Å²) in [6.45, 7) is 5.50. The Morgan fingerprint density at radius 3 is 2.22 bits per heavy atom. The molecule has 0 bridgehead atoms. The molecule has 0 heterocycles. The number of carbonyl (C=O) groups is 1. The first-order valence-corrected chi connectivity index (χ1v) is 6.16. The molecule has 0 spiro atoms. The number of rotatable bonds is 1. The van der Waals surface area contributed by atoms with Gasteiger partial charge in [0, 0.05) is 0 Å². The zero-order valence-corrected chi connectivity index (χ0v) is 11.4. The molecular weight excluding hydrogens is 248 g/mol. The zero-order chi connectivity index (χ0) is 13.3. The van der Waals surface area contributed by atoms with Gasteiger partial charge in [-0.3, -0.25) is 0 Å². The van der Waals surface area contributed by atoms with E-state index in [2.05, 4.69) is 0 Å². The summed E-state index contributed by atoms with van der Waals surface area (Å²) in [5.41, 5.74) is -0.114. The Balaban J connectivity index is 2.45. The van der Waals surface area contributed by atoms with Crippen LogP contribution in [0.25, 0.3) is 10.8 Å². The fraction of sp³-hybridized carbons (Fsp3) is 0.267. The monoisotopic (exact) mass is 262 g/mol. The first-order valence-electron chi connectivity index (χ1n) is 5.78. The first-order chi connectivity index (χ1) is 8.37. The van der Waals surface area contributed by atoms with E-state index in [1.54, 1.807) is 12.1 Å². The van der Waals surface area contributed by atoms with Crippen molar-refractivity contribution >= 4 is 28.3 Å². The molecule has 0 unspecified atom stereocenters. The number of benzene rings is 2. The van der Waals surface area contributed by atoms with Gasteiger partial charge in [0.2, 0.25) is 0 Å². The van der Waals surface area contributed by atoms with E-state index in [1.165, 1.54) is 0 Å². The van der Waals surface area contributed by atoms with E-state index >= 15 is 0 Å². The van der Waals surface area contributed by atoms with Crippen molar-refractivity contribution < 1.29 is 9.53 Å². The van der Waals surface area contributed by atoms with Gasteiger partial charge in [-0.15, -0.1) is 0 Å². The van der Waals surface area contributed by atoms with Crippen LogP contribution in [-0.4, -0.2) is 11.6 Å². The lowest BCUT2D eigenvalue weighted by Crippen LogP contribution is -2.24. The van der Waals surface area contributed by atoms with Gasteiger partial charge >= 0.3 is 5.97 Å². The topological polar surface area (TPSA) is 26.3 Å². The van der Waals surface area contributed by atoms with E-state index in [1.807, 2.05) is 45.0 Å². The Morgan fingerprint density at radius 1 is 1.11 bits per heavy atom. The van der Waals surface area contributed by atoms with Crippen LogP contribution in [0.4, 0.5) is 0 Å². The van der Waals surface area contributed by atoms with Crippen molar-refractivity contribution in [3.63, 3.8) is 0 Å². The van der Waals surface area contributed by atoms with Crippen LogP contribution >= 0.6 is 11.6 Å². The number of carbonyl (C=O) groups excluding carboxylic acids is 1. The third kappa shape index (κ3) is 2.82. The zero-order valence-electron chi connectivity index (χ0n) is 10.7. The lowest BCUT2D eigenvalue weighted by molar-refractivity contribution is 0.00699. The van der Waals surface area contributed by atoms with Crippen molar-refractivity contribution in [1.82, 2.24) is 0 Å². The molecule has 2 nitrogen and oxygen atoms in total. The molecule has 0 saturated carbocycles. The van der Waals surface area contributed by atoms with Gasteiger partial charge in [0.15, 0.2) is 0 Å². The predicted octanol–water partition coefficient (Wildman–Crippen LogP) is 4.45. The summed E-state index contributed by atoms with van der Waals surface area (Å²) in [5, 5.41) is 2.40. The molecule has 3 heteroatoms. The third-order valence-corrected chi connectivity index (χ3v) is 2.77. The van der Waals surface area contributed by atoms with Crippen LogP contribution in [-0.2, 0) is 4.74 Å². The molecule has 0 radical (unpaired) electrons. The molecule has 94 valence electrons. The number of hydrogen-bond acceptors (Lipinski definition) is 2. The molecule has 2 aromatic carbocycles. The van der Waals surface area contributed by atoms with Gasteiger partial charge in [-0.05, 0) is 43.7 Å². The largest absolute Gasteiger partial charge is 0.456 e. The molecular formula is C15H15ClO2. The SMILES string of the molecule is CC(C)(C)OC(=O)c1cc2ccccc2cc1Cl. The summed E-state index contributed by atoms with van der Waals surface area (Å²) in [6.07, 6.45) is 0. The van der Waals surface area contributed by atoms with Crippen LogP contribution in [0.15, 0.2) is 36.4 Å². The maximum Gasteiger partial charge on any atom is 0.340 e. The maximum atomic E-state index is 12.0. The second-order valence-electron chi connectivity index (χ2n) is 5.18. The highest BCUT2D eigenvalue weighted by Crippen LogP contribution is 2.25. The van der Waals surface area contributed by atoms with Crippen LogP contribution < -0.4 is 0 Å². The maximum absolute atomic E-state index is 12.0. The Morgan fingerprint density at radius 2 is 1.67 bits per heavy atom. The van der Waals surface area contributed by atoms with Crippen molar-refractivity contribution in [3.05, 3.63) is 47.0 Å². The van der Waals surface area contributed by atoms with Crippen LogP contribution in [0.3, 0.4) is 0 Å². The average Bonchev–Trinajstić information content (AvgIpc) is 2.25. The van der Waals surface area contributed by atoms with Gasteiger partial charge < -0.3 is 4.74 Å². The molecule has 0 atom stereocenters. The first kappa shape index (κ1) is 12.9. The molecule has 18 heavy (non-hydrogen) atoms. The Hall–Kier alpha value is -1.54.